The van der Waals surface area contributed by atoms with Crippen molar-refractivity contribution in [2.75, 3.05) is 0 Å². The van der Waals surface area contributed by atoms with Crippen molar-refractivity contribution in [3.8, 4) is 23.0 Å². The van der Waals surface area contributed by atoms with Crippen LogP contribution in [0.2, 0.25) is 0 Å². The van der Waals surface area contributed by atoms with Crippen molar-refractivity contribution in [3.05, 3.63) is 105 Å². The summed E-state index contributed by atoms with van der Waals surface area (Å²) in [5, 5.41) is 57.6. The van der Waals surface area contributed by atoms with Gasteiger partial charge in [0.2, 0.25) is 0 Å². The second-order valence-electron chi connectivity index (χ2n) is 14.8. The van der Waals surface area contributed by atoms with Crippen molar-refractivity contribution in [3.63, 3.8) is 0 Å². The summed E-state index contributed by atoms with van der Waals surface area (Å²) < 4.78 is 0. The number of phenols is 4. The first-order chi connectivity index (χ1) is 28.1. The largest absolute Gasteiger partial charge is 2.00 e. The number of phenolic OH excluding ortho intramolecular Hbond substituents is 2. The molecule has 0 saturated carbocycles. The number of aromatic hydroxyl groups is 4. The number of hydrogen-bond donors (Lipinski definition) is 4. The van der Waals surface area contributed by atoms with Gasteiger partial charge in [0.15, 0.2) is 23.0 Å². The van der Waals surface area contributed by atoms with Crippen LogP contribution >= 0.6 is 0 Å². The van der Waals surface area contributed by atoms with Crippen molar-refractivity contribution >= 4 is 34.7 Å². The summed E-state index contributed by atoms with van der Waals surface area (Å²) in [7, 11) is 0. The summed E-state index contributed by atoms with van der Waals surface area (Å²) in [4.78, 5) is 31.5. The van der Waals surface area contributed by atoms with Crippen molar-refractivity contribution in [1.29, 1.82) is 0 Å². The Bertz CT molecular complexity index is 1990. The molecule has 4 aromatic rings. The van der Waals surface area contributed by atoms with E-state index in [0.29, 0.717) is 24.0 Å². The first-order valence-corrected chi connectivity index (χ1v) is 20.9. The van der Waals surface area contributed by atoms with Gasteiger partial charge in [-0.2, -0.15) is 0 Å². The summed E-state index contributed by atoms with van der Waals surface area (Å²) in [5.74, 6) is -5.11. The molecule has 0 aliphatic carbocycles. The van der Waals surface area contributed by atoms with Crippen LogP contribution < -0.4 is 10.2 Å². The number of carbonyl (C=O) groups is 2. The van der Waals surface area contributed by atoms with Crippen LogP contribution in [0.4, 0.5) is 11.4 Å². The van der Waals surface area contributed by atoms with Crippen LogP contribution in [-0.2, 0) is 29.3 Å². The number of unbranched alkanes of at least 4 members (excludes halogenated alkanes) is 7. The number of benzene rings is 4. The van der Waals surface area contributed by atoms with Gasteiger partial charge in [-0.3, -0.25) is 9.98 Å². The average molecular weight is 868 g/mol. The van der Waals surface area contributed by atoms with Crippen LogP contribution in [0.15, 0.2) is 70.6 Å². The van der Waals surface area contributed by atoms with Crippen LogP contribution in [-0.4, -0.2) is 43.8 Å². The summed E-state index contributed by atoms with van der Waals surface area (Å²) in [6, 6.07) is 18.5. The monoisotopic (exact) mass is 866 g/mol. The van der Waals surface area contributed by atoms with Gasteiger partial charge in [-0.25, -0.2) is 0 Å². The first-order valence-electron chi connectivity index (χ1n) is 20.9. The Kier molecular flexibility index (Phi) is 24.3. The molecule has 4 rings (SSSR count). The zero-order valence-electron chi connectivity index (χ0n) is 36.6. The number of aliphatic imine (C=N–C) groups is 2. The van der Waals surface area contributed by atoms with Gasteiger partial charge in [-0.05, 0) is 136 Å². The molecule has 0 aliphatic rings. The fourth-order valence-electron chi connectivity index (χ4n) is 6.34. The number of nitrogens with zero attached hydrogens (tertiary/aromatic N) is 2. The molecule has 11 heteroatoms. The number of hydrogen-bond acceptors (Lipinski definition) is 10. The number of aromatic carboxylic acids is 2. The molecule has 4 N–H and O–H groups in total. The average Bonchev–Trinajstić information content (AvgIpc) is 3.20. The molecule has 0 atom stereocenters. The van der Waals surface area contributed by atoms with Gasteiger partial charge in [0.25, 0.3) is 0 Å². The van der Waals surface area contributed by atoms with E-state index in [1.165, 1.54) is 116 Å². The van der Waals surface area contributed by atoms with Crippen LogP contribution in [0.5, 0.6) is 23.0 Å². The number of carbonyl (C=O) groups excluding carboxylic acids is 2. The minimum atomic E-state index is -1.48. The SMILES string of the molecule is CCCCCCCCC(=Nc1ccc(C)c(C)c1)C(CCCCC)=Nc1ccc(C)c(C)c1.CCc1ccc(O)c(O)c1C(=O)[O-].CCc1ccc(O)c(O)c1C(=O)[O-].[Ni+2]. The standard InChI is InChI=1S/C31H46N2.2C9H10O4.Ni/c1-7-9-11-12-13-15-17-31(33-29-21-19-25(4)27(6)23-29)30(16-14-10-8-2)32-28-20-18-24(3)26(5)22-28;2*1-2-5-3-4-6(10)8(11)7(5)9(12)13;/h18-23H,7-17H2,1-6H3;2*3-4,10-11H,2H2,1H3,(H,12,13);/q;;;+2/p-2. The second-order valence-corrected chi connectivity index (χ2v) is 14.8. The zero-order valence-corrected chi connectivity index (χ0v) is 37.6. The van der Waals surface area contributed by atoms with Crippen LogP contribution in [0.1, 0.15) is 152 Å². The van der Waals surface area contributed by atoms with Gasteiger partial charge in [-0.15, -0.1) is 0 Å². The first kappa shape index (κ1) is 52.9. The minimum absolute atomic E-state index is 0. The molecule has 0 aromatic heterocycles. The van der Waals surface area contributed by atoms with E-state index in [2.05, 4.69) is 77.9 Å². The third-order valence-corrected chi connectivity index (χ3v) is 10.3. The third-order valence-electron chi connectivity index (χ3n) is 10.3. The van der Waals surface area contributed by atoms with Crippen molar-refractivity contribution < 1.29 is 56.7 Å². The molecule has 0 heterocycles. The van der Waals surface area contributed by atoms with Gasteiger partial charge in [0.1, 0.15) is 0 Å². The molecule has 0 radical (unpaired) electrons. The van der Waals surface area contributed by atoms with Crippen molar-refractivity contribution in [2.45, 2.75) is 139 Å². The topological polar surface area (TPSA) is 186 Å². The van der Waals surface area contributed by atoms with E-state index >= 15 is 0 Å². The minimum Gasteiger partial charge on any atom is -0.545 e. The van der Waals surface area contributed by atoms with E-state index in [-0.39, 0.29) is 27.6 Å². The molecule has 4 aromatic carbocycles. The number of aryl methyl sites for hydroxylation is 6. The number of rotatable bonds is 18. The van der Waals surface area contributed by atoms with E-state index in [1.54, 1.807) is 13.8 Å². The maximum atomic E-state index is 10.6. The summed E-state index contributed by atoms with van der Waals surface area (Å²) >= 11 is 0. The van der Waals surface area contributed by atoms with E-state index in [1.807, 2.05) is 0 Å². The van der Waals surface area contributed by atoms with E-state index in [0.717, 1.165) is 24.2 Å². The molecule has 0 spiro atoms. The molecule has 0 aliphatic heterocycles. The summed E-state index contributed by atoms with van der Waals surface area (Å²) in [6.07, 6.45) is 14.3. The van der Waals surface area contributed by atoms with Gasteiger partial charge in [0, 0.05) is 11.1 Å². The molecule has 0 amide bonds. The van der Waals surface area contributed by atoms with Gasteiger partial charge in [-0.1, -0.05) is 96.9 Å². The molecule has 0 fully saturated rings. The van der Waals surface area contributed by atoms with Gasteiger partial charge in [0.05, 0.1) is 34.7 Å². The quantitative estimate of drug-likeness (QED) is 0.0329. The Morgan fingerprint density at radius 1 is 0.500 bits per heavy atom. The fourth-order valence-corrected chi connectivity index (χ4v) is 6.34. The molecule has 328 valence electrons. The van der Waals surface area contributed by atoms with Gasteiger partial charge < -0.3 is 40.2 Å². The Hall–Kier alpha value is -5.15. The second kappa shape index (κ2) is 27.6. The third kappa shape index (κ3) is 16.8. The Labute approximate surface area is 367 Å². The molecule has 0 saturated heterocycles. The predicted octanol–water partition coefficient (Wildman–Crippen LogP) is 10.1. The van der Waals surface area contributed by atoms with Crippen LogP contribution in [0, 0.1) is 27.7 Å². The Morgan fingerprint density at radius 3 is 1.20 bits per heavy atom. The molecule has 60 heavy (non-hydrogen) atoms. The van der Waals surface area contributed by atoms with Crippen molar-refractivity contribution in [1.82, 2.24) is 0 Å². The van der Waals surface area contributed by atoms with E-state index in [4.69, 9.17) is 20.2 Å². The van der Waals surface area contributed by atoms with Crippen LogP contribution in [0.3, 0.4) is 0 Å². The number of carboxylic acids is 2. The number of carboxylic acid groups (broad SMARTS) is 2. The maximum absolute atomic E-state index is 10.6. The molecule has 0 unspecified atom stereocenters. The molecular weight excluding hydrogens is 803 g/mol. The Morgan fingerprint density at radius 2 is 0.850 bits per heavy atom. The van der Waals surface area contributed by atoms with Crippen molar-refractivity contribution in [2.24, 2.45) is 9.98 Å². The predicted molar refractivity (Wildman–Crippen MR) is 235 cm³/mol. The summed E-state index contributed by atoms with van der Waals surface area (Å²) in [5.41, 5.74) is 9.93. The Balaban J connectivity index is 0.000000544. The zero-order chi connectivity index (χ0) is 44.1. The molecule has 0 bridgehead atoms. The fraction of sp³-hybridized carbons (Fsp3) is 0.429. The van der Waals surface area contributed by atoms with E-state index in [9.17, 15) is 30.0 Å². The summed E-state index contributed by atoms with van der Waals surface area (Å²) in [6.45, 7) is 16.7. The maximum Gasteiger partial charge on any atom is 2.00 e. The normalized spacial score (nSPS) is 11.1. The van der Waals surface area contributed by atoms with Crippen LogP contribution in [0.25, 0.3) is 0 Å². The molecule has 10 nitrogen and oxygen atoms in total. The van der Waals surface area contributed by atoms with Gasteiger partial charge >= 0.3 is 16.5 Å². The molecular formula is C49H64N2NiO8. The van der Waals surface area contributed by atoms with E-state index < -0.39 is 34.9 Å². The smallest absolute Gasteiger partial charge is 0.545 e.